The number of aliphatic imine (C=N–C) groups is 1. The van der Waals surface area contributed by atoms with E-state index in [0.717, 1.165) is 17.0 Å². The zero-order valence-electron chi connectivity index (χ0n) is 12.5. The molecule has 106 valence electrons. The van der Waals surface area contributed by atoms with E-state index in [-0.39, 0.29) is 0 Å². The average Bonchev–Trinajstić information content (AvgIpc) is 2.75. The van der Waals surface area contributed by atoms with Crippen LogP contribution in [0.2, 0.25) is 19.6 Å². The van der Waals surface area contributed by atoms with Crippen LogP contribution in [-0.2, 0) is 13.6 Å². The highest BCUT2D eigenvalue weighted by atomic mass is 28.4. The first kappa shape index (κ1) is 14.5. The number of rotatable bonds is 5. The summed E-state index contributed by atoms with van der Waals surface area (Å²) in [5.41, 5.74) is 2.11. The van der Waals surface area contributed by atoms with Gasteiger partial charge in [-0.25, -0.2) is 0 Å². The van der Waals surface area contributed by atoms with Gasteiger partial charge in [-0.3, -0.25) is 9.67 Å². The largest absolute Gasteiger partial charge is 0.544 e. The molecule has 1 aromatic carbocycles. The molecule has 0 aliphatic rings. The van der Waals surface area contributed by atoms with Crippen LogP contribution in [0.1, 0.15) is 11.3 Å². The first-order valence-corrected chi connectivity index (χ1v) is 10.1. The number of aryl methyl sites for hydroxylation is 1. The van der Waals surface area contributed by atoms with Crippen molar-refractivity contribution in [2.75, 3.05) is 0 Å². The van der Waals surface area contributed by atoms with Crippen LogP contribution in [-0.4, -0.2) is 24.3 Å². The van der Waals surface area contributed by atoms with E-state index in [1.807, 2.05) is 37.5 Å². The molecule has 0 bridgehead atoms. The van der Waals surface area contributed by atoms with Crippen molar-refractivity contribution in [1.82, 2.24) is 9.78 Å². The van der Waals surface area contributed by atoms with Crippen LogP contribution in [0.4, 0.5) is 0 Å². The molecule has 2 aromatic rings. The third-order valence-corrected chi connectivity index (χ3v) is 3.57. The summed E-state index contributed by atoms with van der Waals surface area (Å²) in [5, 5.41) is 4.11. The van der Waals surface area contributed by atoms with Crippen molar-refractivity contribution in [2.45, 2.75) is 26.2 Å². The van der Waals surface area contributed by atoms with Crippen molar-refractivity contribution in [2.24, 2.45) is 12.0 Å². The molecule has 5 heteroatoms. The van der Waals surface area contributed by atoms with Crippen LogP contribution in [0.15, 0.2) is 41.5 Å². The Morgan fingerprint density at radius 2 is 2.00 bits per heavy atom. The maximum atomic E-state index is 6.09. The molecule has 0 fully saturated rings. The van der Waals surface area contributed by atoms with Crippen molar-refractivity contribution in [3.8, 4) is 5.75 Å². The number of hydrogen-bond acceptors (Lipinski definition) is 3. The van der Waals surface area contributed by atoms with Crippen LogP contribution in [0.5, 0.6) is 5.75 Å². The third-order valence-electron chi connectivity index (χ3n) is 2.73. The molecule has 1 aromatic heterocycles. The number of para-hydroxylation sites is 1. The number of benzene rings is 1. The van der Waals surface area contributed by atoms with Gasteiger partial charge < -0.3 is 4.43 Å². The third kappa shape index (κ3) is 4.06. The second kappa shape index (κ2) is 6.05. The monoisotopic (exact) mass is 287 g/mol. The van der Waals surface area contributed by atoms with Crippen LogP contribution < -0.4 is 4.43 Å². The normalized spacial score (nSPS) is 12.0. The van der Waals surface area contributed by atoms with Gasteiger partial charge in [0, 0.05) is 25.0 Å². The quantitative estimate of drug-likeness (QED) is 0.625. The van der Waals surface area contributed by atoms with E-state index in [2.05, 4.69) is 35.8 Å². The Kier molecular flexibility index (Phi) is 4.39. The van der Waals surface area contributed by atoms with Gasteiger partial charge in [-0.05, 0) is 31.8 Å². The number of hydrogen-bond donors (Lipinski definition) is 0. The smallest absolute Gasteiger partial charge is 0.242 e. The molecule has 0 saturated heterocycles. The molecule has 4 nitrogen and oxygen atoms in total. The van der Waals surface area contributed by atoms with Crippen molar-refractivity contribution >= 4 is 14.5 Å². The zero-order chi connectivity index (χ0) is 14.6. The Balaban J connectivity index is 2.10. The minimum atomic E-state index is -1.60. The molecule has 0 radical (unpaired) electrons. The van der Waals surface area contributed by atoms with Gasteiger partial charge in [0.2, 0.25) is 8.32 Å². The summed E-state index contributed by atoms with van der Waals surface area (Å²) in [5.74, 6) is 0.953. The zero-order valence-corrected chi connectivity index (χ0v) is 13.5. The standard InChI is InChI=1S/C15H21N3OSi/c1-18-14(9-10-17-18)12-16-11-13-7-5-6-8-15(13)19-20(2,3)4/h5-10,12H,11H2,1-4H3. The molecule has 0 saturated carbocycles. The van der Waals surface area contributed by atoms with E-state index < -0.39 is 8.32 Å². The second-order valence-electron chi connectivity index (χ2n) is 5.67. The summed E-state index contributed by atoms with van der Waals surface area (Å²) < 4.78 is 7.89. The molecule has 1 heterocycles. The van der Waals surface area contributed by atoms with Gasteiger partial charge in [0.15, 0.2) is 0 Å². The lowest BCUT2D eigenvalue weighted by Crippen LogP contribution is -2.29. The first-order valence-electron chi connectivity index (χ1n) is 6.70. The molecule has 0 N–H and O–H groups in total. The fourth-order valence-electron chi connectivity index (χ4n) is 1.81. The number of aromatic nitrogens is 2. The lowest BCUT2D eigenvalue weighted by Gasteiger charge is -2.21. The van der Waals surface area contributed by atoms with E-state index in [1.54, 1.807) is 10.9 Å². The van der Waals surface area contributed by atoms with Crippen molar-refractivity contribution in [3.63, 3.8) is 0 Å². The molecule has 0 aliphatic heterocycles. The van der Waals surface area contributed by atoms with Crippen LogP contribution in [0, 0.1) is 0 Å². The van der Waals surface area contributed by atoms with Gasteiger partial charge in [0.25, 0.3) is 0 Å². The first-order chi connectivity index (χ1) is 9.46. The molecular formula is C15H21N3OSi. The summed E-state index contributed by atoms with van der Waals surface area (Å²) in [7, 11) is 0.310. The minimum Gasteiger partial charge on any atom is -0.544 e. The van der Waals surface area contributed by atoms with Gasteiger partial charge in [0.05, 0.1) is 12.2 Å². The van der Waals surface area contributed by atoms with E-state index in [1.165, 1.54) is 0 Å². The molecule has 0 aliphatic carbocycles. The molecule has 20 heavy (non-hydrogen) atoms. The average molecular weight is 287 g/mol. The van der Waals surface area contributed by atoms with E-state index in [9.17, 15) is 0 Å². The van der Waals surface area contributed by atoms with E-state index in [4.69, 9.17) is 4.43 Å². The highest BCUT2D eigenvalue weighted by Crippen LogP contribution is 2.22. The van der Waals surface area contributed by atoms with Crippen LogP contribution >= 0.6 is 0 Å². The molecule has 0 spiro atoms. The fraction of sp³-hybridized carbons (Fsp3) is 0.333. The van der Waals surface area contributed by atoms with E-state index in [0.29, 0.717) is 6.54 Å². The van der Waals surface area contributed by atoms with Gasteiger partial charge in [-0.2, -0.15) is 5.10 Å². The molecule has 0 unspecified atom stereocenters. The predicted molar refractivity (Wildman–Crippen MR) is 84.9 cm³/mol. The summed E-state index contributed by atoms with van der Waals surface area (Å²) in [6.07, 6.45) is 3.61. The highest BCUT2D eigenvalue weighted by molar-refractivity contribution is 6.70. The second-order valence-corrected chi connectivity index (χ2v) is 10.1. The molecule has 0 atom stereocenters. The van der Waals surface area contributed by atoms with Gasteiger partial charge in [-0.1, -0.05) is 18.2 Å². The lowest BCUT2D eigenvalue weighted by molar-refractivity contribution is 0.549. The highest BCUT2D eigenvalue weighted by Gasteiger charge is 2.17. The Morgan fingerprint density at radius 1 is 1.25 bits per heavy atom. The van der Waals surface area contributed by atoms with Gasteiger partial charge in [0.1, 0.15) is 5.75 Å². The lowest BCUT2D eigenvalue weighted by atomic mass is 10.2. The summed E-state index contributed by atoms with van der Waals surface area (Å²) in [6.45, 7) is 7.17. The number of nitrogens with zero attached hydrogens (tertiary/aromatic N) is 3. The minimum absolute atomic E-state index is 0.617. The molecule has 2 rings (SSSR count). The Bertz CT molecular complexity index is 599. The van der Waals surface area contributed by atoms with Crippen LogP contribution in [0.25, 0.3) is 0 Å². The topological polar surface area (TPSA) is 39.4 Å². The Morgan fingerprint density at radius 3 is 2.65 bits per heavy atom. The molecule has 0 amide bonds. The van der Waals surface area contributed by atoms with Crippen molar-refractivity contribution in [1.29, 1.82) is 0 Å². The van der Waals surface area contributed by atoms with Crippen molar-refractivity contribution in [3.05, 3.63) is 47.8 Å². The Labute approximate surface area is 121 Å². The Hall–Kier alpha value is -1.88. The summed E-state index contributed by atoms with van der Waals surface area (Å²) in [6, 6.07) is 10.0. The maximum Gasteiger partial charge on any atom is 0.242 e. The predicted octanol–water partition coefficient (Wildman–Crippen LogP) is 3.25. The van der Waals surface area contributed by atoms with Gasteiger partial charge >= 0.3 is 0 Å². The maximum absolute atomic E-state index is 6.09. The SMILES string of the molecule is Cn1nccc1C=NCc1ccccc1O[Si](C)(C)C. The fourth-order valence-corrected chi connectivity index (χ4v) is 2.67. The van der Waals surface area contributed by atoms with E-state index >= 15 is 0 Å². The van der Waals surface area contributed by atoms with Gasteiger partial charge in [-0.15, -0.1) is 0 Å². The van der Waals surface area contributed by atoms with Crippen LogP contribution in [0.3, 0.4) is 0 Å². The molecular weight excluding hydrogens is 266 g/mol. The summed E-state index contributed by atoms with van der Waals surface area (Å²) in [4.78, 5) is 4.49. The van der Waals surface area contributed by atoms with Crippen molar-refractivity contribution < 1.29 is 4.43 Å². The summed E-state index contributed by atoms with van der Waals surface area (Å²) >= 11 is 0.